The van der Waals surface area contributed by atoms with Crippen molar-refractivity contribution in [2.24, 2.45) is 0 Å². The Hall–Kier alpha value is -2.29. The van der Waals surface area contributed by atoms with Crippen molar-refractivity contribution < 1.29 is 42.1 Å². The fourth-order valence-corrected chi connectivity index (χ4v) is 8.31. The zero-order valence-corrected chi connectivity index (χ0v) is 45.0. The second-order valence-electron chi connectivity index (χ2n) is 19.6. The first-order valence-electron chi connectivity index (χ1n) is 27.5. The van der Waals surface area contributed by atoms with Gasteiger partial charge in [-0.15, -0.1) is 0 Å². The second-order valence-corrected chi connectivity index (χ2v) is 21.0. The molecule has 390 valence electrons. The van der Waals surface area contributed by atoms with Crippen LogP contribution in [0.5, 0.6) is 0 Å². The molecule has 1 N–H and O–H groups in total. The molecule has 0 aliphatic rings. The van der Waals surface area contributed by atoms with Crippen molar-refractivity contribution in [3.8, 4) is 0 Å². The Kier molecular flexibility index (Phi) is 47.1. The van der Waals surface area contributed by atoms with Crippen LogP contribution in [0.2, 0.25) is 0 Å². The minimum Gasteiger partial charge on any atom is -0.462 e. The number of phosphoric ester groups is 1. The number of hydrogen-bond donors (Lipinski definition) is 1. The van der Waals surface area contributed by atoms with E-state index >= 15 is 0 Å². The summed E-state index contributed by atoms with van der Waals surface area (Å²) in [5.41, 5.74) is 0. The molecule has 0 bridgehead atoms. The van der Waals surface area contributed by atoms with Crippen molar-refractivity contribution in [3.63, 3.8) is 0 Å². The number of unbranched alkanes of at least 4 members (excludes halogenated alkanes) is 26. The standard InChI is InChI=1S/C57H104NO8P/c1-6-8-10-12-14-16-18-20-22-24-26-27-28-29-30-32-33-35-37-39-41-43-45-47-49-56(59)63-53-55(54-65-67(61,62)64-52-51-58(3,4)5)66-57(60)50-48-46-44-42-40-38-36-34-31-25-23-21-19-17-15-13-11-9-7-2/h9,11,15,17,21,23,31,34,38,40,55H,6-8,10,12-14,16,18-20,22,24-30,32-33,35-37,39,41-54H2,1-5H3/p+1/b11-9-,17-15-,23-21-,34-31-,40-38-. The molecule has 67 heavy (non-hydrogen) atoms. The average molecular weight is 963 g/mol. The van der Waals surface area contributed by atoms with E-state index in [0.29, 0.717) is 17.4 Å². The molecule has 0 heterocycles. The summed E-state index contributed by atoms with van der Waals surface area (Å²) in [6, 6.07) is 0. The van der Waals surface area contributed by atoms with Gasteiger partial charge in [-0.2, -0.15) is 0 Å². The maximum Gasteiger partial charge on any atom is 0.472 e. The van der Waals surface area contributed by atoms with Crippen molar-refractivity contribution in [2.75, 3.05) is 47.5 Å². The molecule has 0 radical (unpaired) electrons. The highest BCUT2D eigenvalue weighted by atomic mass is 31.2. The molecule has 0 rings (SSSR count). The predicted octanol–water partition coefficient (Wildman–Crippen LogP) is 16.8. The van der Waals surface area contributed by atoms with Gasteiger partial charge in [0.1, 0.15) is 19.8 Å². The fraction of sp³-hybridized carbons (Fsp3) is 0.789. The molecule has 0 spiro atoms. The molecule has 0 aromatic carbocycles. The zero-order chi connectivity index (χ0) is 49.2. The monoisotopic (exact) mass is 963 g/mol. The van der Waals surface area contributed by atoms with Crippen molar-refractivity contribution in [1.29, 1.82) is 0 Å². The SMILES string of the molecule is CC/C=C\C/C=C\C/C=C\C/C=C\C/C=C\CCCCCC(=O)OC(COC(=O)CCCCCCCCCCCCCCCCCCCCCCCCCC)COP(=O)(O)OCC[N+](C)(C)C. The number of carbonyl (C=O) groups excluding carboxylic acids is 2. The Morgan fingerprint density at radius 2 is 0.851 bits per heavy atom. The van der Waals surface area contributed by atoms with E-state index in [1.165, 1.54) is 135 Å². The number of allylic oxidation sites excluding steroid dienone is 10. The lowest BCUT2D eigenvalue weighted by Gasteiger charge is -2.24. The molecule has 0 aromatic rings. The minimum absolute atomic E-state index is 0.0237. The van der Waals surface area contributed by atoms with Crippen molar-refractivity contribution in [2.45, 2.75) is 245 Å². The number of carbonyl (C=O) groups is 2. The highest BCUT2D eigenvalue weighted by Crippen LogP contribution is 2.43. The van der Waals surface area contributed by atoms with Crippen LogP contribution < -0.4 is 0 Å². The highest BCUT2D eigenvalue weighted by molar-refractivity contribution is 7.47. The van der Waals surface area contributed by atoms with E-state index in [9.17, 15) is 19.0 Å². The number of quaternary nitrogens is 1. The molecule has 9 nitrogen and oxygen atoms in total. The van der Waals surface area contributed by atoms with Crippen LogP contribution in [0.3, 0.4) is 0 Å². The van der Waals surface area contributed by atoms with Crippen LogP contribution in [0.4, 0.5) is 0 Å². The van der Waals surface area contributed by atoms with Crippen LogP contribution >= 0.6 is 7.82 Å². The summed E-state index contributed by atoms with van der Waals surface area (Å²) in [5, 5.41) is 0. The van der Waals surface area contributed by atoms with E-state index in [1.807, 2.05) is 21.1 Å². The topological polar surface area (TPSA) is 108 Å². The van der Waals surface area contributed by atoms with E-state index in [2.05, 4.69) is 74.6 Å². The van der Waals surface area contributed by atoms with Crippen LogP contribution in [0.25, 0.3) is 0 Å². The summed E-state index contributed by atoms with van der Waals surface area (Å²) in [6.45, 7) is 4.30. The largest absolute Gasteiger partial charge is 0.472 e. The van der Waals surface area contributed by atoms with Crippen molar-refractivity contribution >= 4 is 19.8 Å². The maximum atomic E-state index is 12.8. The number of hydrogen-bond acceptors (Lipinski definition) is 7. The molecule has 0 saturated carbocycles. The molecule has 2 unspecified atom stereocenters. The van der Waals surface area contributed by atoms with E-state index in [-0.39, 0.29) is 32.0 Å². The molecular formula is C57H105NO8P+. The van der Waals surface area contributed by atoms with Gasteiger partial charge in [0, 0.05) is 12.8 Å². The second kappa shape index (κ2) is 48.7. The summed E-state index contributed by atoms with van der Waals surface area (Å²) in [7, 11) is 1.45. The van der Waals surface area contributed by atoms with Gasteiger partial charge in [-0.05, 0) is 57.8 Å². The van der Waals surface area contributed by atoms with Crippen LogP contribution in [0, 0.1) is 0 Å². The molecular weight excluding hydrogens is 858 g/mol. The minimum atomic E-state index is -4.39. The molecule has 0 saturated heterocycles. The summed E-state index contributed by atoms with van der Waals surface area (Å²) in [6.07, 6.45) is 61.5. The van der Waals surface area contributed by atoms with E-state index in [4.69, 9.17) is 18.5 Å². The van der Waals surface area contributed by atoms with Gasteiger partial charge in [0.2, 0.25) is 0 Å². The Morgan fingerprint density at radius 3 is 1.27 bits per heavy atom. The Bertz CT molecular complexity index is 1320. The number of ether oxygens (including phenoxy) is 2. The molecule has 0 aliphatic carbocycles. The summed E-state index contributed by atoms with van der Waals surface area (Å²) in [5.74, 6) is -0.829. The highest BCUT2D eigenvalue weighted by Gasteiger charge is 2.27. The van der Waals surface area contributed by atoms with Gasteiger partial charge < -0.3 is 18.9 Å². The quantitative estimate of drug-likeness (QED) is 0.0211. The summed E-state index contributed by atoms with van der Waals surface area (Å²) >= 11 is 0. The van der Waals surface area contributed by atoms with Crippen LogP contribution in [-0.2, 0) is 32.7 Å². The van der Waals surface area contributed by atoms with E-state index < -0.39 is 26.5 Å². The fourth-order valence-electron chi connectivity index (χ4n) is 7.57. The Labute approximate surface area is 413 Å². The smallest absolute Gasteiger partial charge is 0.462 e. The van der Waals surface area contributed by atoms with Gasteiger partial charge >= 0.3 is 19.8 Å². The lowest BCUT2D eigenvalue weighted by atomic mass is 10.0. The van der Waals surface area contributed by atoms with Gasteiger partial charge in [0.05, 0.1) is 27.7 Å². The van der Waals surface area contributed by atoms with Crippen LogP contribution in [0.1, 0.15) is 239 Å². The lowest BCUT2D eigenvalue weighted by Crippen LogP contribution is -2.37. The molecule has 0 aromatic heterocycles. The number of esters is 2. The number of rotatable bonds is 50. The van der Waals surface area contributed by atoms with Gasteiger partial charge in [0.15, 0.2) is 6.10 Å². The number of nitrogens with zero attached hydrogens (tertiary/aromatic N) is 1. The molecule has 2 atom stereocenters. The first-order valence-corrected chi connectivity index (χ1v) is 29.0. The summed E-state index contributed by atoms with van der Waals surface area (Å²) in [4.78, 5) is 35.6. The first kappa shape index (κ1) is 64.7. The third-order valence-electron chi connectivity index (χ3n) is 11.8. The molecule has 0 fully saturated rings. The van der Waals surface area contributed by atoms with Crippen molar-refractivity contribution in [3.05, 3.63) is 60.8 Å². The lowest BCUT2D eigenvalue weighted by molar-refractivity contribution is -0.870. The Morgan fingerprint density at radius 1 is 0.478 bits per heavy atom. The van der Waals surface area contributed by atoms with Gasteiger partial charge in [0.25, 0.3) is 0 Å². The maximum absolute atomic E-state index is 12.8. The molecule has 0 aliphatic heterocycles. The van der Waals surface area contributed by atoms with Crippen LogP contribution in [0.15, 0.2) is 60.8 Å². The van der Waals surface area contributed by atoms with Gasteiger partial charge in [-0.3, -0.25) is 18.6 Å². The predicted molar refractivity (Wildman–Crippen MR) is 284 cm³/mol. The number of phosphoric acid groups is 1. The normalized spacial score (nSPS) is 13.8. The van der Waals surface area contributed by atoms with Crippen LogP contribution in [-0.4, -0.2) is 74.9 Å². The number of likely N-dealkylation sites (N-methyl/N-ethyl adjacent to an activating group) is 1. The Balaban J connectivity index is 4.22. The summed E-state index contributed by atoms with van der Waals surface area (Å²) < 4.78 is 34.5. The molecule has 0 amide bonds. The molecule has 10 heteroatoms. The zero-order valence-electron chi connectivity index (χ0n) is 44.1. The average Bonchev–Trinajstić information content (AvgIpc) is 3.29. The van der Waals surface area contributed by atoms with Crippen molar-refractivity contribution in [1.82, 2.24) is 0 Å². The van der Waals surface area contributed by atoms with E-state index in [1.54, 1.807) is 0 Å². The third kappa shape index (κ3) is 52.9. The van der Waals surface area contributed by atoms with E-state index in [0.717, 1.165) is 70.6 Å². The third-order valence-corrected chi connectivity index (χ3v) is 12.8. The van der Waals surface area contributed by atoms with Gasteiger partial charge in [-0.25, -0.2) is 4.57 Å². The first-order chi connectivity index (χ1) is 32.5. The van der Waals surface area contributed by atoms with Gasteiger partial charge in [-0.1, -0.05) is 229 Å².